The molecule has 2 rings (SSSR count). The van der Waals surface area contributed by atoms with Crippen LogP contribution in [0, 0.1) is 5.82 Å². The summed E-state index contributed by atoms with van der Waals surface area (Å²) in [5, 5.41) is 21.6. The molecule has 2 aromatic carbocycles. The van der Waals surface area contributed by atoms with Gasteiger partial charge in [-0.3, -0.25) is 4.79 Å². The van der Waals surface area contributed by atoms with Crippen molar-refractivity contribution in [1.82, 2.24) is 5.32 Å². The topological polar surface area (TPSA) is 69.6 Å². The Balaban J connectivity index is 2.07. The molecule has 0 spiro atoms. The SMILES string of the molecule is O=C(NCc1ccc(F)cc1)c1c(O)cccc1O. The van der Waals surface area contributed by atoms with Crippen LogP contribution < -0.4 is 5.32 Å². The molecule has 2 aromatic rings. The summed E-state index contributed by atoms with van der Waals surface area (Å²) in [5.74, 6) is -1.54. The largest absolute Gasteiger partial charge is 0.507 e. The van der Waals surface area contributed by atoms with E-state index in [1.165, 1.54) is 30.3 Å². The molecule has 3 N–H and O–H groups in total. The second-order valence-corrected chi connectivity index (χ2v) is 3.98. The van der Waals surface area contributed by atoms with Crippen molar-refractivity contribution in [2.45, 2.75) is 6.54 Å². The summed E-state index contributed by atoms with van der Waals surface area (Å²) < 4.78 is 12.7. The fourth-order valence-electron chi connectivity index (χ4n) is 1.63. The smallest absolute Gasteiger partial charge is 0.259 e. The molecule has 0 heterocycles. The third-order valence-electron chi connectivity index (χ3n) is 2.61. The molecule has 98 valence electrons. The zero-order valence-electron chi connectivity index (χ0n) is 9.93. The fourth-order valence-corrected chi connectivity index (χ4v) is 1.63. The maximum absolute atomic E-state index is 12.7. The lowest BCUT2D eigenvalue weighted by atomic mass is 10.1. The minimum atomic E-state index is -0.597. The van der Waals surface area contributed by atoms with Gasteiger partial charge in [-0.25, -0.2) is 4.39 Å². The van der Waals surface area contributed by atoms with E-state index in [1.807, 2.05) is 0 Å². The van der Waals surface area contributed by atoms with Gasteiger partial charge in [0.1, 0.15) is 22.9 Å². The van der Waals surface area contributed by atoms with Crippen LogP contribution in [-0.4, -0.2) is 16.1 Å². The van der Waals surface area contributed by atoms with E-state index in [9.17, 15) is 19.4 Å². The Hall–Kier alpha value is -2.56. The number of nitrogens with one attached hydrogen (secondary N) is 1. The van der Waals surface area contributed by atoms with Gasteiger partial charge in [0.15, 0.2) is 0 Å². The Morgan fingerprint density at radius 1 is 1.05 bits per heavy atom. The van der Waals surface area contributed by atoms with Crippen LogP contribution in [0.2, 0.25) is 0 Å². The van der Waals surface area contributed by atoms with Crippen LogP contribution in [-0.2, 0) is 6.54 Å². The van der Waals surface area contributed by atoms with Gasteiger partial charge >= 0.3 is 0 Å². The van der Waals surface area contributed by atoms with Crippen LogP contribution in [0.5, 0.6) is 11.5 Å². The van der Waals surface area contributed by atoms with Crippen LogP contribution in [0.3, 0.4) is 0 Å². The predicted molar refractivity (Wildman–Crippen MR) is 67.3 cm³/mol. The number of phenolic OH excluding ortho intramolecular Hbond substituents is 2. The minimum Gasteiger partial charge on any atom is -0.507 e. The first kappa shape index (κ1) is 12.9. The fraction of sp³-hybridized carbons (Fsp3) is 0.0714. The lowest BCUT2D eigenvalue weighted by Crippen LogP contribution is -2.23. The van der Waals surface area contributed by atoms with Gasteiger partial charge in [0.25, 0.3) is 5.91 Å². The van der Waals surface area contributed by atoms with Gasteiger partial charge in [0.2, 0.25) is 0 Å². The van der Waals surface area contributed by atoms with Crippen LogP contribution in [0.1, 0.15) is 15.9 Å². The number of amides is 1. The van der Waals surface area contributed by atoms with Gasteiger partial charge in [0, 0.05) is 6.54 Å². The van der Waals surface area contributed by atoms with Crippen molar-refractivity contribution in [3.05, 3.63) is 59.4 Å². The van der Waals surface area contributed by atoms with Gasteiger partial charge in [-0.15, -0.1) is 0 Å². The van der Waals surface area contributed by atoms with Crippen molar-refractivity contribution in [3.8, 4) is 11.5 Å². The summed E-state index contributed by atoms with van der Waals surface area (Å²) in [5.41, 5.74) is 0.536. The average molecular weight is 261 g/mol. The van der Waals surface area contributed by atoms with E-state index < -0.39 is 5.91 Å². The molecule has 0 bridgehead atoms. The normalized spacial score (nSPS) is 10.2. The van der Waals surface area contributed by atoms with Crippen molar-refractivity contribution in [1.29, 1.82) is 0 Å². The molecule has 0 aliphatic carbocycles. The summed E-state index contributed by atoms with van der Waals surface area (Å²) in [6.07, 6.45) is 0. The maximum atomic E-state index is 12.7. The maximum Gasteiger partial charge on any atom is 0.259 e. The van der Waals surface area contributed by atoms with Gasteiger partial charge in [-0.05, 0) is 29.8 Å². The number of aromatic hydroxyl groups is 2. The van der Waals surface area contributed by atoms with E-state index in [0.29, 0.717) is 5.56 Å². The van der Waals surface area contributed by atoms with Crippen molar-refractivity contribution >= 4 is 5.91 Å². The molecule has 5 heteroatoms. The molecule has 19 heavy (non-hydrogen) atoms. The Labute approximate surface area is 109 Å². The molecule has 0 aliphatic heterocycles. The average Bonchev–Trinajstić information content (AvgIpc) is 2.38. The monoisotopic (exact) mass is 261 g/mol. The van der Waals surface area contributed by atoms with Crippen molar-refractivity contribution in [2.24, 2.45) is 0 Å². The van der Waals surface area contributed by atoms with Gasteiger partial charge in [0.05, 0.1) is 0 Å². The van der Waals surface area contributed by atoms with E-state index >= 15 is 0 Å². The molecule has 4 nitrogen and oxygen atoms in total. The quantitative estimate of drug-likeness (QED) is 0.793. The second kappa shape index (κ2) is 5.39. The van der Waals surface area contributed by atoms with E-state index in [4.69, 9.17) is 0 Å². The number of rotatable bonds is 3. The number of hydrogen-bond acceptors (Lipinski definition) is 3. The predicted octanol–water partition coefficient (Wildman–Crippen LogP) is 2.17. The first-order chi connectivity index (χ1) is 9.08. The lowest BCUT2D eigenvalue weighted by molar-refractivity contribution is 0.0945. The molecule has 0 unspecified atom stereocenters. The number of hydrogen-bond donors (Lipinski definition) is 3. The summed E-state index contributed by atoms with van der Waals surface area (Å²) in [6, 6.07) is 9.72. The molecule has 0 atom stereocenters. The minimum absolute atomic E-state index is 0.173. The summed E-state index contributed by atoms with van der Waals surface area (Å²) in [4.78, 5) is 11.8. The van der Waals surface area contributed by atoms with E-state index in [0.717, 1.165) is 0 Å². The summed E-state index contributed by atoms with van der Waals surface area (Å²) in [6.45, 7) is 0.173. The first-order valence-electron chi connectivity index (χ1n) is 5.61. The zero-order valence-corrected chi connectivity index (χ0v) is 9.93. The highest BCUT2D eigenvalue weighted by atomic mass is 19.1. The number of phenols is 2. The Morgan fingerprint density at radius 3 is 2.21 bits per heavy atom. The third-order valence-corrected chi connectivity index (χ3v) is 2.61. The van der Waals surface area contributed by atoms with Crippen molar-refractivity contribution in [3.63, 3.8) is 0 Å². The highest BCUT2D eigenvalue weighted by Crippen LogP contribution is 2.25. The van der Waals surface area contributed by atoms with Crippen LogP contribution in [0.4, 0.5) is 4.39 Å². The van der Waals surface area contributed by atoms with Crippen molar-refractivity contribution in [2.75, 3.05) is 0 Å². The number of carbonyl (C=O) groups is 1. The summed E-state index contributed by atoms with van der Waals surface area (Å²) >= 11 is 0. The van der Waals surface area contributed by atoms with Crippen molar-refractivity contribution < 1.29 is 19.4 Å². The van der Waals surface area contributed by atoms with Gasteiger partial charge in [-0.1, -0.05) is 18.2 Å². The highest BCUT2D eigenvalue weighted by molar-refractivity contribution is 5.99. The van der Waals surface area contributed by atoms with Crippen LogP contribution >= 0.6 is 0 Å². The summed E-state index contributed by atoms with van der Waals surface area (Å²) in [7, 11) is 0. The molecular weight excluding hydrogens is 249 g/mol. The van der Waals surface area contributed by atoms with Crippen LogP contribution in [0.15, 0.2) is 42.5 Å². The lowest BCUT2D eigenvalue weighted by Gasteiger charge is -2.08. The highest BCUT2D eigenvalue weighted by Gasteiger charge is 2.15. The number of benzene rings is 2. The van der Waals surface area contributed by atoms with Gasteiger partial charge in [-0.2, -0.15) is 0 Å². The number of halogens is 1. The molecule has 0 aliphatic rings. The molecule has 0 fully saturated rings. The standard InChI is InChI=1S/C14H12FNO3/c15-10-6-4-9(5-7-10)8-16-14(19)13-11(17)2-1-3-12(13)18/h1-7,17-18H,8H2,(H,16,19). The molecule has 0 saturated carbocycles. The molecule has 0 aromatic heterocycles. The molecular formula is C14H12FNO3. The zero-order chi connectivity index (χ0) is 13.8. The van der Waals surface area contributed by atoms with E-state index in [-0.39, 0.29) is 29.4 Å². The van der Waals surface area contributed by atoms with Crippen LogP contribution in [0.25, 0.3) is 0 Å². The number of carbonyl (C=O) groups excluding carboxylic acids is 1. The molecule has 1 amide bonds. The van der Waals surface area contributed by atoms with E-state index in [2.05, 4.69) is 5.32 Å². The first-order valence-corrected chi connectivity index (χ1v) is 5.61. The second-order valence-electron chi connectivity index (χ2n) is 3.98. The Kier molecular flexibility index (Phi) is 3.66. The van der Waals surface area contributed by atoms with Gasteiger partial charge < -0.3 is 15.5 Å². The Morgan fingerprint density at radius 2 is 1.63 bits per heavy atom. The molecule has 0 radical (unpaired) electrons. The van der Waals surface area contributed by atoms with E-state index in [1.54, 1.807) is 12.1 Å². The Bertz CT molecular complexity index is 576. The third kappa shape index (κ3) is 3.01. The molecule has 0 saturated heterocycles.